The Kier molecular flexibility index (Phi) is 2.47. The van der Waals surface area contributed by atoms with Crippen molar-refractivity contribution in [1.29, 1.82) is 0 Å². The van der Waals surface area contributed by atoms with Crippen LogP contribution in [0.4, 0.5) is 0 Å². The third kappa shape index (κ3) is 1.89. The van der Waals surface area contributed by atoms with Crippen molar-refractivity contribution >= 4 is 0 Å². The van der Waals surface area contributed by atoms with Gasteiger partial charge in [0.15, 0.2) is 0 Å². The summed E-state index contributed by atoms with van der Waals surface area (Å²) in [5.41, 5.74) is 1.30. The van der Waals surface area contributed by atoms with Crippen LogP contribution in [0.15, 0.2) is 23.0 Å². The van der Waals surface area contributed by atoms with Gasteiger partial charge in [-0.25, -0.2) is 0 Å². The summed E-state index contributed by atoms with van der Waals surface area (Å²) < 4.78 is 5.03. The molecule has 2 nitrogen and oxygen atoms in total. The van der Waals surface area contributed by atoms with Gasteiger partial charge in [-0.2, -0.15) is 0 Å². The van der Waals surface area contributed by atoms with E-state index in [2.05, 4.69) is 11.0 Å². The van der Waals surface area contributed by atoms with Gasteiger partial charge in [0.1, 0.15) is 0 Å². The van der Waals surface area contributed by atoms with Crippen LogP contribution >= 0.6 is 0 Å². The lowest BCUT2D eigenvalue weighted by Crippen LogP contribution is -2.28. The van der Waals surface area contributed by atoms with Gasteiger partial charge in [0, 0.05) is 12.1 Å². The molecule has 0 radical (unpaired) electrons. The standard InChI is InChI=1S/C10H15NO/c1-2-5-11(6-3-1)8-10-4-7-12-9-10/h4,7,9H,1-3,5-6,8H2. The Morgan fingerprint density at radius 1 is 1.25 bits per heavy atom. The summed E-state index contributed by atoms with van der Waals surface area (Å²) in [7, 11) is 0. The molecule has 2 heteroatoms. The van der Waals surface area contributed by atoms with E-state index in [0.717, 1.165) is 6.54 Å². The van der Waals surface area contributed by atoms with Crippen LogP contribution in [0.25, 0.3) is 0 Å². The molecule has 0 atom stereocenters. The van der Waals surface area contributed by atoms with Crippen LogP contribution in [0.5, 0.6) is 0 Å². The molecule has 1 aromatic rings. The minimum Gasteiger partial charge on any atom is -0.472 e. The van der Waals surface area contributed by atoms with Crippen molar-refractivity contribution in [3.8, 4) is 0 Å². The molecule has 0 amide bonds. The molecule has 0 aromatic carbocycles. The first-order valence-electron chi connectivity index (χ1n) is 4.68. The van der Waals surface area contributed by atoms with Crippen LogP contribution in [-0.4, -0.2) is 18.0 Å². The molecular weight excluding hydrogens is 150 g/mol. The third-order valence-electron chi connectivity index (χ3n) is 2.43. The number of likely N-dealkylation sites (tertiary alicyclic amines) is 1. The van der Waals surface area contributed by atoms with Gasteiger partial charge in [-0.15, -0.1) is 0 Å². The van der Waals surface area contributed by atoms with Crippen molar-refractivity contribution in [3.63, 3.8) is 0 Å². The molecular formula is C10H15NO. The second kappa shape index (κ2) is 3.76. The average molecular weight is 165 g/mol. The van der Waals surface area contributed by atoms with Gasteiger partial charge in [-0.05, 0) is 32.0 Å². The quantitative estimate of drug-likeness (QED) is 0.668. The van der Waals surface area contributed by atoms with Crippen molar-refractivity contribution in [2.45, 2.75) is 25.8 Å². The molecule has 0 unspecified atom stereocenters. The lowest BCUT2D eigenvalue weighted by molar-refractivity contribution is 0.220. The zero-order valence-corrected chi connectivity index (χ0v) is 7.33. The number of nitrogens with zero attached hydrogens (tertiary/aromatic N) is 1. The maximum atomic E-state index is 5.03. The molecule has 1 saturated heterocycles. The Balaban J connectivity index is 1.86. The second-order valence-corrected chi connectivity index (χ2v) is 3.47. The molecule has 0 N–H and O–H groups in total. The van der Waals surface area contributed by atoms with Crippen LogP contribution in [0, 0.1) is 0 Å². The normalized spacial score (nSPS) is 19.7. The van der Waals surface area contributed by atoms with Gasteiger partial charge in [0.2, 0.25) is 0 Å². The summed E-state index contributed by atoms with van der Waals surface area (Å²) in [6.07, 6.45) is 7.71. The monoisotopic (exact) mass is 165 g/mol. The highest BCUT2D eigenvalue weighted by atomic mass is 16.3. The summed E-state index contributed by atoms with van der Waals surface area (Å²) in [6, 6.07) is 2.05. The van der Waals surface area contributed by atoms with Crippen molar-refractivity contribution in [1.82, 2.24) is 4.90 Å². The molecule has 1 fully saturated rings. The van der Waals surface area contributed by atoms with Gasteiger partial charge in [-0.1, -0.05) is 6.42 Å². The maximum Gasteiger partial charge on any atom is 0.0947 e. The number of furan rings is 1. The molecule has 1 aliphatic heterocycles. The summed E-state index contributed by atoms with van der Waals surface area (Å²) in [5.74, 6) is 0. The largest absolute Gasteiger partial charge is 0.472 e. The van der Waals surface area contributed by atoms with Crippen LogP contribution in [0.2, 0.25) is 0 Å². The van der Waals surface area contributed by atoms with Crippen LogP contribution in [0.1, 0.15) is 24.8 Å². The van der Waals surface area contributed by atoms with E-state index in [-0.39, 0.29) is 0 Å². The fourth-order valence-electron chi connectivity index (χ4n) is 1.76. The molecule has 66 valence electrons. The number of rotatable bonds is 2. The molecule has 2 rings (SSSR count). The first kappa shape index (κ1) is 7.87. The Bertz CT molecular complexity index is 212. The molecule has 12 heavy (non-hydrogen) atoms. The average Bonchev–Trinajstić information content (AvgIpc) is 2.59. The first-order valence-corrected chi connectivity index (χ1v) is 4.68. The van der Waals surface area contributed by atoms with E-state index in [9.17, 15) is 0 Å². The van der Waals surface area contributed by atoms with E-state index in [4.69, 9.17) is 4.42 Å². The van der Waals surface area contributed by atoms with Gasteiger partial charge in [-0.3, -0.25) is 4.90 Å². The molecule has 0 saturated carbocycles. The maximum absolute atomic E-state index is 5.03. The lowest BCUT2D eigenvalue weighted by Gasteiger charge is -2.25. The highest BCUT2D eigenvalue weighted by Crippen LogP contribution is 2.12. The second-order valence-electron chi connectivity index (χ2n) is 3.47. The summed E-state index contributed by atoms with van der Waals surface area (Å²) in [4.78, 5) is 2.49. The van der Waals surface area contributed by atoms with Crippen molar-refractivity contribution < 1.29 is 4.42 Å². The van der Waals surface area contributed by atoms with Crippen molar-refractivity contribution in [3.05, 3.63) is 24.2 Å². The Hall–Kier alpha value is -0.760. The Morgan fingerprint density at radius 2 is 2.08 bits per heavy atom. The van der Waals surface area contributed by atoms with Crippen LogP contribution < -0.4 is 0 Å². The highest BCUT2D eigenvalue weighted by Gasteiger charge is 2.10. The highest BCUT2D eigenvalue weighted by molar-refractivity contribution is 5.04. The van der Waals surface area contributed by atoms with E-state index in [1.165, 1.54) is 37.9 Å². The van der Waals surface area contributed by atoms with Gasteiger partial charge in [0.25, 0.3) is 0 Å². The lowest BCUT2D eigenvalue weighted by atomic mass is 10.1. The van der Waals surface area contributed by atoms with Gasteiger partial charge < -0.3 is 4.42 Å². The molecule has 1 aliphatic rings. The van der Waals surface area contributed by atoms with E-state index in [1.54, 1.807) is 6.26 Å². The van der Waals surface area contributed by atoms with E-state index >= 15 is 0 Å². The van der Waals surface area contributed by atoms with Crippen LogP contribution in [-0.2, 0) is 6.54 Å². The van der Waals surface area contributed by atoms with E-state index in [1.807, 2.05) is 6.26 Å². The summed E-state index contributed by atoms with van der Waals surface area (Å²) >= 11 is 0. The van der Waals surface area contributed by atoms with E-state index < -0.39 is 0 Å². The predicted octanol–water partition coefficient (Wildman–Crippen LogP) is 2.27. The summed E-state index contributed by atoms with van der Waals surface area (Å²) in [6.45, 7) is 3.58. The van der Waals surface area contributed by atoms with Crippen LogP contribution in [0.3, 0.4) is 0 Å². The number of hydrogen-bond donors (Lipinski definition) is 0. The molecule has 0 spiro atoms. The third-order valence-corrected chi connectivity index (χ3v) is 2.43. The smallest absolute Gasteiger partial charge is 0.0947 e. The minimum atomic E-state index is 1.07. The van der Waals surface area contributed by atoms with Gasteiger partial charge in [0.05, 0.1) is 12.5 Å². The van der Waals surface area contributed by atoms with E-state index in [0.29, 0.717) is 0 Å². The molecule has 2 heterocycles. The number of hydrogen-bond acceptors (Lipinski definition) is 2. The Labute approximate surface area is 73.2 Å². The molecule has 0 bridgehead atoms. The zero-order valence-electron chi connectivity index (χ0n) is 7.33. The fraction of sp³-hybridized carbons (Fsp3) is 0.600. The SMILES string of the molecule is c1cc(CN2CCCCC2)co1. The topological polar surface area (TPSA) is 16.4 Å². The zero-order chi connectivity index (χ0) is 8.23. The van der Waals surface area contributed by atoms with Crippen molar-refractivity contribution in [2.75, 3.05) is 13.1 Å². The predicted molar refractivity (Wildman–Crippen MR) is 47.8 cm³/mol. The van der Waals surface area contributed by atoms with Gasteiger partial charge >= 0.3 is 0 Å². The summed E-state index contributed by atoms with van der Waals surface area (Å²) in [5, 5.41) is 0. The van der Waals surface area contributed by atoms with Crippen molar-refractivity contribution in [2.24, 2.45) is 0 Å². The Morgan fingerprint density at radius 3 is 2.75 bits per heavy atom. The minimum absolute atomic E-state index is 1.07. The number of piperidine rings is 1. The molecule has 1 aromatic heterocycles. The fourth-order valence-corrected chi connectivity index (χ4v) is 1.76. The first-order chi connectivity index (χ1) is 5.95. The molecule has 0 aliphatic carbocycles.